The number of unbranched alkanes of at least 4 members (excludes halogenated alkanes) is 1. The van der Waals surface area contributed by atoms with E-state index >= 15 is 0 Å². The van der Waals surface area contributed by atoms with E-state index in [9.17, 15) is 9.59 Å². The van der Waals surface area contributed by atoms with E-state index in [-0.39, 0.29) is 18.0 Å². The van der Waals surface area contributed by atoms with Crippen LogP contribution in [-0.2, 0) is 11.2 Å². The number of carbonyl (C=O) groups excluding carboxylic acids is 2. The topological polar surface area (TPSA) is 34.1 Å². The van der Waals surface area contributed by atoms with Gasteiger partial charge in [-0.2, -0.15) is 0 Å². The molecule has 0 radical (unpaired) electrons. The molecule has 17 heavy (non-hydrogen) atoms. The summed E-state index contributed by atoms with van der Waals surface area (Å²) in [6, 6.07) is 7.54. The van der Waals surface area contributed by atoms with Crippen molar-refractivity contribution in [1.29, 1.82) is 0 Å². The smallest absolute Gasteiger partial charge is 0.170 e. The van der Waals surface area contributed by atoms with Gasteiger partial charge < -0.3 is 0 Å². The molecule has 0 spiro atoms. The zero-order valence-electron chi connectivity index (χ0n) is 10.7. The van der Waals surface area contributed by atoms with Gasteiger partial charge in [-0.25, -0.2) is 0 Å². The van der Waals surface area contributed by atoms with Gasteiger partial charge in [-0.15, -0.1) is 0 Å². The Morgan fingerprint density at radius 2 is 1.82 bits per heavy atom. The second-order valence-corrected chi connectivity index (χ2v) is 4.25. The number of benzene rings is 1. The first-order chi connectivity index (χ1) is 8.19. The lowest BCUT2D eigenvalue weighted by Crippen LogP contribution is -2.10. The molecule has 0 bridgehead atoms. The SMILES string of the molecule is CCCCC(=O)CC(=O)c1ccccc1CC. The zero-order chi connectivity index (χ0) is 12.7. The summed E-state index contributed by atoms with van der Waals surface area (Å²) in [4.78, 5) is 23.5. The van der Waals surface area contributed by atoms with Crippen LogP contribution in [0.4, 0.5) is 0 Å². The minimum absolute atomic E-state index is 0.0384. The lowest BCUT2D eigenvalue weighted by molar-refractivity contribution is -0.118. The van der Waals surface area contributed by atoms with E-state index in [1.165, 1.54) is 0 Å². The minimum Gasteiger partial charge on any atom is -0.299 e. The van der Waals surface area contributed by atoms with E-state index in [1.54, 1.807) is 0 Å². The molecule has 0 aliphatic rings. The first kappa shape index (κ1) is 13.6. The predicted octanol–water partition coefficient (Wildman–Crippen LogP) is 3.58. The van der Waals surface area contributed by atoms with E-state index < -0.39 is 0 Å². The number of hydrogen-bond donors (Lipinski definition) is 0. The average Bonchev–Trinajstić information content (AvgIpc) is 2.36. The molecule has 0 aliphatic carbocycles. The zero-order valence-corrected chi connectivity index (χ0v) is 10.7. The van der Waals surface area contributed by atoms with Crippen molar-refractivity contribution in [1.82, 2.24) is 0 Å². The van der Waals surface area contributed by atoms with Crippen molar-refractivity contribution in [3.63, 3.8) is 0 Å². The first-order valence-corrected chi connectivity index (χ1v) is 6.31. The predicted molar refractivity (Wildman–Crippen MR) is 69.3 cm³/mol. The van der Waals surface area contributed by atoms with Crippen LogP contribution in [-0.4, -0.2) is 11.6 Å². The van der Waals surface area contributed by atoms with Crippen LogP contribution in [0.25, 0.3) is 0 Å². The summed E-state index contributed by atoms with van der Waals surface area (Å²) in [5.74, 6) is 0.0197. The average molecular weight is 232 g/mol. The number of ketones is 2. The van der Waals surface area contributed by atoms with Gasteiger partial charge in [0, 0.05) is 12.0 Å². The van der Waals surface area contributed by atoms with Gasteiger partial charge in [-0.05, 0) is 18.4 Å². The van der Waals surface area contributed by atoms with Crippen molar-refractivity contribution in [2.45, 2.75) is 46.0 Å². The Bertz CT molecular complexity index is 394. The van der Waals surface area contributed by atoms with Crippen molar-refractivity contribution in [2.75, 3.05) is 0 Å². The molecule has 0 saturated carbocycles. The number of Topliss-reactive ketones (excluding diaryl/α,β-unsaturated/α-hetero) is 2. The molecule has 0 saturated heterocycles. The Kier molecular flexibility index (Phi) is 5.61. The van der Waals surface area contributed by atoms with Gasteiger partial charge in [-0.1, -0.05) is 44.5 Å². The van der Waals surface area contributed by atoms with Gasteiger partial charge in [0.15, 0.2) is 5.78 Å². The summed E-state index contributed by atoms with van der Waals surface area (Å²) >= 11 is 0. The Hall–Kier alpha value is -1.44. The Balaban J connectivity index is 2.66. The molecule has 0 N–H and O–H groups in total. The minimum atomic E-state index is -0.0384. The molecule has 0 aliphatic heterocycles. The maximum atomic E-state index is 12.0. The summed E-state index contributed by atoms with van der Waals surface area (Å²) in [7, 11) is 0. The normalized spacial score (nSPS) is 10.2. The van der Waals surface area contributed by atoms with E-state index in [4.69, 9.17) is 0 Å². The molecule has 0 aromatic heterocycles. The molecular formula is C15H20O2. The summed E-state index contributed by atoms with van der Waals surface area (Å²) in [5.41, 5.74) is 1.74. The Labute approximate surface area is 103 Å². The van der Waals surface area contributed by atoms with Gasteiger partial charge >= 0.3 is 0 Å². The van der Waals surface area contributed by atoms with E-state index in [0.717, 1.165) is 24.8 Å². The number of rotatable bonds is 7. The molecule has 1 aromatic rings. The molecule has 92 valence electrons. The lowest BCUT2D eigenvalue weighted by Gasteiger charge is -2.05. The third-order valence-corrected chi connectivity index (χ3v) is 2.87. The highest BCUT2D eigenvalue weighted by molar-refractivity contribution is 6.08. The molecule has 2 nitrogen and oxygen atoms in total. The summed E-state index contributed by atoms with van der Waals surface area (Å²) in [5, 5.41) is 0. The fourth-order valence-corrected chi connectivity index (χ4v) is 1.84. The first-order valence-electron chi connectivity index (χ1n) is 6.31. The fourth-order valence-electron chi connectivity index (χ4n) is 1.84. The summed E-state index contributed by atoms with van der Waals surface area (Å²) < 4.78 is 0. The highest BCUT2D eigenvalue weighted by Gasteiger charge is 2.13. The van der Waals surface area contributed by atoms with E-state index in [0.29, 0.717) is 12.0 Å². The molecule has 0 fully saturated rings. The van der Waals surface area contributed by atoms with Crippen molar-refractivity contribution >= 4 is 11.6 Å². The van der Waals surface area contributed by atoms with Crippen LogP contribution in [0.5, 0.6) is 0 Å². The molecular weight excluding hydrogens is 212 g/mol. The highest BCUT2D eigenvalue weighted by Crippen LogP contribution is 2.13. The molecule has 0 heterocycles. The van der Waals surface area contributed by atoms with Gasteiger partial charge in [0.05, 0.1) is 6.42 Å². The van der Waals surface area contributed by atoms with Crippen molar-refractivity contribution in [3.05, 3.63) is 35.4 Å². The third-order valence-electron chi connectivity index (χ3n) is 2.87. The molecule has 2 heteroatoms. The number of hydrogen-bond acceptors (Lipinski definition) is 2. The van der Waals surface area contributed by atoms with E-state index in [2.05, 4.69) is 0 Å². The standard InChI is InChI=1S/C15H20O2/c1-3-5-9-13(16)11-15(17)14-10-7-6-8-12(14)4-2/h6-8,10H,3-5,9,11H2,1-2H3. The number of carbonyl (C=O) groups is 2. The van der Waals surface area contributed by atoms with Crippen LogP contribution in [0.15, 0.2) is 24.3 Å². The van der Waals surface area contributed by atoms with E-state index in [1.807, 2.05) is 38.1 Å². The van der Waals surface area contributed by atoms with Crippen LogP contribution < -0.4 is 0 Å². The highest BCUT2D eigenvalue weighted by atomic mass is 16.1. The van der Waals surface area contributed by atoms with Gasteiger partial charge in [0.25, 0.3) is 0 Å². The van der Waals surface area contributed by atoms with Crippen molar-refractivity contribution < 1.29 is 9.59 Å². The molecule has 1 aromatic carbocycles. The van der Waals surface area contributed by atoms with Crippen LogP contribution in [0.1, 0.15) is 55.5 Å². The molecule has 1 rings (SSSR count). The van der Waals surface area contributed by atoms with Crippen LogP contribution in [0.3, 0.4) is 0 Å². The van der Waals surface area contributed by atoms with Crippen molar-refractivity contribution in [2.24, 2.45) is 0 Å². The fraction of sp³-hybridized carbons (Fsp3) is 0.467. The monoisotopic (exact) mass is 232 g/mol. The largest absolute Gasteiger partial charge is 0.299 e. The summed E-state index contributed by atoms with van der Waals surface area (Å²) in [6.45, 7) is 4.06. The second-order valence-electron chi connectivity index (χ2n) is 4.25. The molecule has 0 atom stereocenters. The quantitative estimate of drug-likeness (QED) is 0.532. The molecule has 0 amide bonds. The number of aryl methyl sites for hydroxylation is 1. The second kappa shape index (κ2) is 7.00. The maximum absolute atomic E-state index is 12.0. The van der Waals surface area contributed by atoms with Crippen molar-refractivity contribution in [3.8, 4) is 0 Å². The van der Waals surface area contributed by atoms with Gasteiger partial charge in [-0.3, -0.25) is 9.59 Å². The van der Waals surface area contributed by atoms with Crippen LogP contribution >= 0.6 is 0 Å². The Morgan fingerprint density at radius 3 is 2.47 bits per heavy atom. The summed E-state index contributed by atoms with van der Waals surface area (Å²) in [6.07, 6.45) is 3.27. The van der Waals surface area contributed by atoms with Crippen LogP contribution in [0.2, 0.25) is 0 Å². The van der Waals surface area contributed by atoms with Crippen LogP contribution in [0, 0.1) is 0 Å². The van der Waals surface area contributed by atoms with Gasteiger partial charge in [0.2, 0.25) is 0 Å². The lowest BCUT2D eigenvalue weighted by atomic mass is 9.97. The van der Waals surface area contributed by atoms with Gasteiger partial charge in [0.1, 0.15) is 5.78 Å². The Morgan fingerprint density at radius 1 is 1.12 bits per heavy atom. The third kappa shape index (κ3) is 4.14. The molecule has 0 unspecified atom stereocenters. The maximum Gasteiger partial charge on any atom is 0.170 e.